The van der Waals surface area contributed by atoms with E-state index in [4.69, 9.17) is 14.2 Å². The van der Waals surface area contributed by atoms with Crippen LogP contribution in [0.2, 0.25) is 0 Å². The van der Waals surface area contributed by atoms with E-state index in [0.29, 0.717) is 19.3 Å². The van der Waals surface area contributed by atoms with Gasteiger partial charge in [0.2, 0.25) is 0 Å². The lowest BCUT2D eigenvalue weighted by atomic mass is 10.0. The van der Waals surface area contributed by atoms with Gasteiger partial charge in [0.05, 0.1) is 0 Å². The Morgan fingerprint density at radius 3 is 0.808 bits per heavy atom. The Morgan fingerprint density at radius 1 is 0.288 bits per heavy atom. The van der Waals surface area contributed by atoms with Crippen molar-refractivity contribution in [1.82, 2.24) is 0 Å². The van der Waals surface area contributed by atoms with Crippen LogP contribution in [0.5, 0.6) is 0 Å². The minimum Gasteiger partial charge on any atom is -0.462 e. The fourth-order valence-electron chi connectivity index (χ4n) is 9.06. The van der Waals surface area contributed by atoms with Gasteiger partial charge in [-0.25, -0.2) is 0 Å². The van der Waals surface area contributed by atoms with Crippen molar-refractivity contribution in [1.29, 1.82) is 0 Å². The molecular formula is C67H118O6. The summed E-state index contributed by atoms with van der Waals surface area (Å²) in [6.45, 7) is 6.51. The van der Waals surface area contributed by atoms with Gasteiger partial charge in [0.25, 0.3) is 0 Å². The molecule has 0 N–H and O–H groups in total. The number of ether oxygens (including phenoxy) is 3. The summed E-state index contributed by atoms with van der Waals surface area (Å²) in [4.78, 5) is 38.2. The van der Waals surface area contributed by atoms with Crippen molar-refractivity contribution in [2.45, 2.75) is 322 Å². The molecule has 0 heterocycles. The van der Waals surface area contributed by atoms with Crippen molar-refractivity contribution in [3.05, 3.63) is 72.9 Å². The molecule has 0 saturated carbocycles. The summed E-state index contributed by atoms with van der Waals surface area (Å²) in [5, 5.41) is 0. The van der Waals surface area contributed by atoms with Crippen LogP contribution < -0.4 is 0 Å². The van der Waals surface area contributed by atoms with Gasteiger partial charge in [-0.15, -0.1) is 0 Å². The Kier molecular flexibility index (Phi) is 58.7. The predicted molar refractivity (Wildman–Crippen MR) is 316 cm³/mol. The molecule has 73 heavy (non-hydrogen) atoms. The summed E-state index contributed by atoms with van der Waals surface area (Å²) in [5.41, 5.74) is 0. The number of esters is 3. The van der Waals surface area contributed by atoms with E-state index in [-0.39, 0.29) is 37.5 Å². The molecule has 0 bridgehead atoms. The van der Waals surface area contributed by atoms with Crippen molar-refractivity contribution in [3.63, 3.8) is 0 Å². The minimum absolute atomic E-state index is 0.101. The standard InChI is InChI=1S/C67H118O6/c1-4-7-10-13-16-19-22-25-28-30-32-33-34-36-37-39-42-45-48-51-54-57-60-66(69)72-63-64(62-71-65(68)59-56-53-50-47-44-41-27-24-21-18-15-12-9-6-3)73-67(70)61-58-55-52-49-46-43-40-38-35-31-29-26-23-20-17-14-11-8-5-2/h8,11,17,20,26,29,35,38,43,46,52,55,64H,4-7,9-10,12-16,18-19,21-25,27-28,30-34,36-37,39-42,44-45,47-51,53-54,56-63H2,1-3H3/b11-8-,20-17-,29-26-,38-35-,46-43-,55-52-. The highest BCUT2D eigenvalue weighted by Crippen LogP contribution is 2.17. The van der Waals surface area contributed by atoms with Crippen molar-refractivity contribution >= 4 is 17.9 Å². The second-order valence-corrected chi connectivity index (χ2v) is 21.0. The Hall–Kier alpha value is -3.15. The van der Waals surface area contributed by atoms with E-state index in [1.165, 1.54) is 193 Å². The van der Waals surface area contributed by atoms with Crippen LogP contribution >= 0.6 is 0 Å². The van der Waals surface area contributed by atoms with Gasteiger partial charge in [0.15, 0.2) is 6.10 Å². The number of carbonyl (C=O) groups excluding carboxylic acids is 3. The van der Waals surface area contributed by atoms with E-state index in [0.717, 1.165) is 77.0 Å². The molecule has 0 aromatic heterocycles. The summed E-state index contributed by atoms with van der Waals surface area (Å²) < 4.78 is 16.8. The van der Waals surface area contributed by atoms with E-state index in [1.807, 2.05) is 6.08 Å². The maximum atomic E-state index is 12.9. The topological polar surface area (TPSA) is 78.9 Å². The van der Waals surface area contributed by atoms with Crippen LogP contribution in [0.25, 0.3) is 0 Å². The van der Waals surface area contributed by atoms with Crippen LogP contribution in [0.1, 0.15) is 316 Å². The average molecular weight is 1020 g/mol. The number of rotatable bonds is 57. The summed E-state index contributed by atoms with van der Waals surface area (Å²) in [6, 6.07) is 0. The molecule has 422 valence electrons. The molecule has 0 rings (SSSR count). The molecule has 0 aliphatic rings. The molecule has 1 unspecified atom stereocenters. The second kappa shape index (κ2) is 61.4. The summed E-state index contributed by atoms with van der Waals surface area (Å²) in [7, 11) is 0. The van der Waals surface area contributed by atoms with Gasteiger partial charge in [0.1, 0.15) is 13.2 Å². The Balaban J connectivity index is 4.40. The first kappa shape index (κ1) is 69.8. The van der Waals surface area contributed by atoms with Gasteiger partial charge < -0.3 is 14.2 Å². The highest BCUT2D eigenvalue weighted by molar-refractivity contribution is 5.71. The first-order valence-corrected chi connectivity index (χ1v) is 31.4. The fraction of sp³-hybridized carbons (Fsp3) is 0.776. The van der Waals surface area contributed by atoms with E-state index >= 15 is 0 Å². The Labute approximate surface area is 453 Å². The van der Waals surface area contributed by atoms with Gasteiger partial charge in [0, 0.05) is 19.3 Å². The van der Waals surface area contributed by atoms with Crippen LogP contribution in [0.4, 0.5) is 0 Å². The lowest BCUT2D eigenvalue weighted by Crippen LogP contribution is -2.30. The van der Waals surface area contributed by atoms with Crippen LogP contribution in [0.3, 0.4) is 0 Å². The second-order valence-electron chi connectivity index (χ2n) is 21.0. The number of hydrogen-bond donors (Lipinski definition) is 0. The molecule has 6 nitrogen and oxygen atoms in total. The summed E-state index contributed by atoms with van der Waals surface area (Å²) in [5.74, 6) is -0.969. The van der Waals surface area contributed by atoms with E-state index in [1.54, 1.807) is 0 Å². The smallest absolute Gasteiger partial charge is 0.306 e. The van der Waals surface area contributed by atoms with Crippen molar-refractivity contribution < 1.29 is 28.6 Å². The molecule has 0 radical (unpaired) electrons. The SMILES string of the molecule is CC/C=C\C/C=C\C/C=C\C/C=C\C/C=C\C/C=C\CCC(=O)OC(COC(=O)CCCCCCCCCCCCCCCC)COC(=O)CCCCCCCCCCCCCCCCCCCCCCCC. The molecule has 0 aromatic carbocycles. The van der Waals surface area contributed by atoms with Crippen LogP contribution in [-0.4, -0.2) is 37.2 Å². The Morgan fingerprint density at radius 2 is 0.534 bits per heavy atom. The number of unbranched alkanes of at least 4 members (excludes halogenated alkanes) is 34. The molecule has 0 spiro atoms. The predicted octanol–water partition coefficient (Wildman–Crippen LogP) is 21.3. The highest BCUT2D eigenvalue weighted by atomic mass is 16.6. The number of hydrogen-bond acceptors (Lipinski definition) is 6. The highest BCUT2D eigenvalue weighted by Gasteiger charge is 2.19. The van der Waals surface area contributed by atoms with Crippen molar-refractivity contribution in [2.24, 2.45) is 0 Å². The molecule has 0 saturated heterocycles. The van der Waals surface area contributed by atoms with Crippen molar-refractivity contribution in [3.8, 4) is 0 Å². The number of carbonyl (C=O) groups is 3. The van der Waals surface area contributed by atoms with Gasteiger partial charge in [-0.1, -0.05) is 312 Å². The normalized spacial score (nSPS) is 12.5. The van der Waals surface area contributed by atoms with Gasteiger partial charge in [-0.05, 0) is 57.8 Å². The quantitative estimate of drug-likeness (QED) is 0.0261. The van der Waals surface area contributed by atoms with E-state index in [9.17, 15) is 14.4 Å². The van der Waals surface area contributed by atoms with Gasteiger partial charge >= 0.3 is 17.9 Å². The minimum atomic E-state index is -0.813. The third-order valence-electron chi connectivity index (χ3n) is 13.7. The molecule has 1 atom stereocenters. The van der Waals surface area contributed by atoms with Crippen LogP contribution in [-0.2, 0) is 28.6 Å². The molecule has 0 aliphatic heterocycles. The van der Waals surface area contributed by atoms with Crippen molar-refractivity contribution in [2.75, 3.05) is 13.2 Å². The largest absolute Gasteiger partial charge is 0.462 e. The summed E-state index contributed by atoms with van der Waals surface area (Å²) in [6.07, 6.45) is 79.2. The zero-order valence-electron chi connectivity index (χ0n) is 48.4. The summed E-state index contributed by atoms with van der Waals surface area (Å²) >= 11 is 0. The average Bonchev–Trinajstić information content (AvgIpc) is 3.39. The lowest BCUT2D eigenvalue weighted by molar-refractivity contribution is -0.166. The van der Waals surface area contributed by atoms with Crippen LogP contribution in [0, 0.1) is 0 Å². The lowest BCUT2D eigenvalue weighted by Gasteiger charge is -2.18. The zero-order chi connectivity index (χ0) is 52.9. The first-order valence-electron chi connectivity index (χ1n) is 31.4. The zero-order valence-corrected chi connectivity index (χ0v) is 48.4. The molecule has 6 heteroatoms. The van der Waals surface area contributed by atoms with Gasteiger partial charge in [-0.2, -0.15) is 0 Å². The molecule has 0 fully saturated rings. The molecule has 0 aliphatic carbocycles. The third-order valence-corrected chi connectivity index (χ3v) is 13.7. The molecular weight excluding hydrogens is 901 g/mol. The maximum absolute atomic E-state index is 12.9. The monoisotopic (exact) mass is 1020 g/mol. The van der Waals surface area contributed by atoms with Crippen LogP contribution in [0.15, 0.2) is 72.9 Å². The Bertz CT molecular complexity index is 1360. The number of allylic oxidation sites excluding steroid dienone is 12. The molecule has 0 amide bonds. The van der Waals surface area contributed by atoms with E-state index in [2.05, 4.69) is 87.6 Å². The third kappa shape index (κ3) is 59.6. The first-order chi connectivity index (χ1) is 36.0. The van der Waals surface area contributed by atoms with Gasteiger partial charge in [-0.3, -0.25) is 14.4 Å². The fourth-order valence-corrected chi connectivity index (χ4v) is 9.06. The van der Waals surface area contributed by atoms with E-state index < -0.39 is 6.10 Å². The molecule has 0 aromatic rings. The maximum Gasteiger partial charge on any atom is 0.306 e.